The van der Waals surface area contributed by atoms with E-state index < -0.39 is 0 Å². The smallest absolute Gasteiger partial charge is 0.0941 e. The molecule has 2 aliphatic heterocycles. The maximum absolute atomic E-state index is 5.62. The van der Waals surface area contributed by atoms with Gasteiger partial charge < -0.3 is 10.1 Å². The lowest BCUT2D eigenvalue weighted by atomic mass is 10.2. The Morgan fingerprint density at radius 2 is 2.46 bits per heavy atom. The fourth-order valence-electron chi connectivity index (χ4n) is 1.89. The SMILES string of the molecule is Cl.c1nnn2c1COC1CNCC12. The molecule has 2 atom stereocenters. The Hall–Kier alpha value is -0.650. The van der Waals surface area contributed by atoms with Gasteiger partial charge in [-0.15, -0.1) is 17.5 Å². The molecule has 0 saturated carbocycles. The second-order valence-corrected chi connectivity index (χ2v) is 3.24. The van der Waals surface area contributed by atoms with Gasteiger partial charge in [-0.2, -0.15) is 0 Å². The number of ether oxygens (including phenoxy) is 1. The Kier molecular flexibility index (Phi) is 2.23. The Morgan fingerprint density at radius 3 is 3.38 bits per heavy atom. The summed E-state index contributed by atoms with van der Waals surface area (Å²) in [6.07, 6.45) is 2.06. The molecule has 0 bridgehead atoms. The van der Waals surface area contributed by atoms with E-state index in [0.717, 1.165) is 18.8 Å². The fourth-order valence-corrected chi connectivity index (χ4v) is 1.89. The van der Waals surface area contributed by atoms with Crippen LogP contribution in [0, 0.1) is 0 Å². The first-order valence-corrected chi connectivity index (χ1v) is 4.16. The molecular formula is C7H11ClN4O. The molecule has 2 unspecified atom stereocenters. The van der Waals surface area contributed by atoms with Crippen molar-refractivity contribution in [1.82, 2.24) is 20.3 Å². The Bertz CT molecular complexity index is 302. The van der Waals surface area contributed by atoms with Crippen molar-refractivity contribution < 1.29 is 4.74 Å². The van der Waals surface area contributed by atoms with Crippen molar-refractivity contribution >= 4 is 12.4 Å². The van der Waals surface area contributed by atoms with Gasteiger partial charge in [-0.25, -0.2) is 4.68 Å². The Morgan fingerprint density at radius 1 is 1.54 bits per heavy atom. The van der Waals surface area contributed by atoms with E-state index in [1.807, 2.05) is 4.68 Å². The topological polar surface area (TPSA) is 52.0 Å². The summed E-state index contributed by atoms with van der Waals surface area (Å²) >= 11 is 0. The molecule has 72 valence electrons. The fraction of sp³-hybridized carbons (Fsp3) is 0.714. The molecule has 1 N–H and O–H groups in total. The van der Waals surface area contributed by atoms with Gasteiger partial charge in [0.2, 0.25) is 0 Å². The van der Waals surface area contributed by atoms with Gasteiger partial charge in [-0.3, -0.25) is 0 Å². The molecule has 0 radical (unpaired) electrons. The van der Waals surface area contributed by atoms with Crippen LogP contribution >= 0.6 is 12.4 Å². The number of aromatic nitrogens is 3. The third kappa shape index (κ3) is 1.23. The average Bonchev–Trinajstić information content (AvgIpc) is 2.71. The summed E-state index contributed by atoms with van der Waals surface area (Å²) in [5.41, 5.74) is 1.08. The highest BCUT2D eigenvalue weighted by molar-refractivity contribution is 5.85. The van der Waals surface area contributed by atoms with E-state index in [1.165, 1.54) is 0 Å². The van der Waals surface area contributed by atoms with Crippen LogP contribution in [0.4, 0.5) is 0 Å². The van der Waals surface area contributed by atoms with Crippen molar-refractivity contribution in [2.75, 3.05) is 13.1 Å². The predicted molar refractivity (Wildman–Crippen MR) is 47.8 cm³/mol. The number of hydrogen-bond acceptors (Lipinski definition) is 4. The highest BCUT2D eigenvalue weighted by Gasteiger charge is 2.34. The first-order chi connectivity index (χ1) is 5.95. The van der Waals surface area contributed by atoms with Crippen LogP contribution in [0.15, 0.2) is 6.20 Å². The maximum Gasteiger partial charge on any atom is 0.0941 e. The minimum absolute atomic E-state index is 0. The summed E-state index contributed by atoms with van der Waals surface area (Å²) in [4.78, 5) is 0. The third-order valence-corrected chi connectivity index (χ3v) is 2.54. The second-order valence-electron chi connectivity index (χ2n) is 3.24. The predicted octanol–water partition coefficient (Wildman–Crippen LogP) is -0.257. The van der Waals surface area contributed by atoms with Crippen molar-refractivity contribution in [3.63, 3.8) is 0 Å². The molecule has 0 spiro atoms. The zero-order chi connectivity index (χ0) is 7.97. The van der Waals surface area contributed by atoms with E-state index in [9.17, 15) is 0 Å². The number of fused-ring (bicyclic) bond motifs is 3. The molecule has 1 fully saturated rings. The quantitative estimate of drug-likeness (QED) is 0.630. The number of rotatable bonds is 0. The average molecular weight is 203 g/mol. The summed E-state index contributed by atoms with van der Waals surface area (Å²) in [6, 6.07) is 0.358. The minimum atomic E-state index is 0. The zero-order valence-corrected chi connectivity index (χ0v) is 7.83. The molecule has 13 heavy (non-hydrogen) atoms. The summed E-state index contributed by atoms with van der Waals surface area (Å²) < 4.78 is 7.60. The highest BCUT2D eigenvalue weighted by atomic mass is 35.5. The van der Waals surface area contributed by atoms with Crippen molar-refractivity contribution in [1.29, 1.82) is 0 Å². The largest absolute Gasteiger partial charge is 0.368 e. The molecule has 6 heteroatoms. The van der Waals surface area contributed by atoms with Crippen LogP contribution in [-0.2, 0) is 11.3 Å². The lowest BCUT2D eigenvalue weighted by molar-refractivity contribution is -0.00289. The number of halogens is 1. The van der Waals surface area contributed by atoms with Gasteiger partial charge >= 0.3 is 0 Å². The normalized spacial score (nSPS) is 30.5. The van der Waals surface area contributed by atoms with E-state index >= 15 is 0 Å². The molecule has 0 aliphatic carbocycles. The van der Waals surface area contributed by atoms with Gasteiger partial charge in [0, 0.05) is 13.1 Å². The molecule has 1 aromatic heterocycles. The number of nitrogens with one attached hydrogen (secondary N) is 1. The highest BCUT2D eigenvalue weighted by Crippen LogP contribution is 2.25. The van der Waals surface area contributed by atoms with Crippen LogP contribution in [0.3, 0.4) is 0 Å². The zero-order valence-electron chi connectivity index (χ0n) is 7.01. The van der Waals surface area contributed by atoms with Crippen LogP contribution in [0.2, 0.25) is 0 Å². The molecule has 0 amide bonds. The third-order valence-electron chi connectivity index (χ3n) is 2.54. The van der Waals surface area contributed by atoms with E-state index in [4.69, 9.17) is 4.74 Å². The Balaban J connectivity index is 0.000000653. The summed E-state index contributed by atoms with van der Waals surface area (Å²) in [6.45, 7) is 2.53. The van der Waals surface area contributed by atoms with Crippen molar-refractivity contribution in [2.45, 2.75) is 18.8 Å². The standard InChI is InChI=1S/C7H10N4O.ClH/c1-5-4-12-7-3-8-2-6(7)11(5)10-9-1;/h1,6-8H,2-4H2;1H. The molecule has 3 heterocycles. The van der Waals surface area contributed by atoms with Crippen molar-refractivity contribution in [2.24, 2.45) is 0 Å². The van der Waals surface area contributed by atoms with Gasteiger partial charge in [0.15, 0.2) is 0 Å². The summed E-state index contributed by atoms with van der Waals surface area (Å²) in [5.74, 6) is 0. The lowest BCUT2D eigenvalue weighted by Crippen LogP contribution is -2.32. The van der Waals surface area contributed by atoms with E-state index in [2.05, 4.69) is 15.6 Å². The molecule has 1 saturated heterocycles. The van der Waals surface area contributed by atoms with Gasteiger partial charge in [0.25, 0.3) is 0 Å². The van der Waals surface area contributed by atoms with Gasteiger partial charge in [0.05, 0.1) is 30.6 Å². The molecule has 2 aliphatic rings. The molecule has 1 aromatic rings. The second kappa shape index (κ2) is 3.25. The lowest BCUT2D eigenvalue weighted by Gasteiger charge is -2.25. The first-order valence-electron chi connectivity index (χ1n) is 4.16. The first kappa shape index (κ1) is 8.93. The Labute approximate surface area is 81.9 Å². The van der Waals surface area contributed by atoms with Crippen LogP contribution in [0.5, 0.6) is 0 Å². The number of nitrogens with zero attached hydrogens (tertiary/aromatic N) is 3. The van der Waals surface area contributed by atoms with Crippen molar-refractivity contribution in [3.05, 3.63) is 11.9 Å². The van der Waals surface area contributed by atoms with Crippen LogP contribution in [0.1, 0.15) is 11.7 Å². The molecule has 0 aromatic carbocycles. The van der Waals surface area contributed by atoms with Crippen LogP contribution in [-0.4, -0.2) is 34.2 Å². The molecule has 5 nitrogen and oxygen atoms in total. The summed E-state index contributed by atoms with van der Waals surface area (Å²) in [7, 11) is 0. The van der Waals surface area contributed by atoms with Gasteiger partial charge in [0.1, 0.15) is 0 Å². The van der Waals surface area contributed by atoms with Crippen LogP contribution in [0.25, 0.3) is 0 Å². The molecular weight excluding hydrogens is 192 g/mol. The minimum Gasteiger partial charge on any atom is -0.368 e. The van der Waals surface area contributed by atoms with Gasteiger partial charge in [-0.1, -0.05) is 5.21 Å². The van der Waals surface area contributed by atoms with Crippen LogP contribution < -0.4 is 5.32 Å². The summed E-state index contributed by atoms with van der Waals surface area (Å²) in [5, 5.41) is 11.2. The van der Waals surface area contributed by atoms with E-state index in [-0.39, 0.29) is 12.4 Å². The monoisotopic (exact) mass is 202 g/mol. The maximum atomic E-state index is 5.62. The molecule has 3 rings (SSSR count). The van der Waals surface area contributed by atoms with E-state index in [0.29, 0.717) is 18.8 Å². The van der Waals surface area contributed by atoms with E-state index in [1.54, 1.807) is 6.20 Å². The van der Waals surface area contributed by atoms with Crippen molar-refractivity contribution in [3.8, 4) is 0 Å². The van der Waals surface area contributed by atoms with Gasteiger partial charge in [-0.05, 0) is 0 Å². The number of hydrogen-bond donors (Lipinski definition) is 1.